The minimum absolute atomic E-state index is 0.990. The average Bonchev–Trinajstić information content (AvgIpc) is 2.61. The van der Waals surface area contributed by atoms with E-state index in [-0.39, 0.29) is 0 Å². The van der Waals surface area contributed by atoms with E-state index in [1.54, 1.807) is 11.1 Å². The molecule has 0 bridgehead atoms. The highest BCUT2D eigenvalue weighted by Crippen LogP contribution is 2.40. The molecule has 1 aliphatic carbocycles. The van der Waals surface area contributed by atoms with Crippen LogP contribution < -0.4 is 5.32 Å². The van der Waals surface area contributed by atoms with Gasteiger partial charge in [0.05, 0.1) is 0 Å². The molecule has 0 heterocycles. The third-order valence-electron chi connectivity index (χ3n) is 4.95. The van der Waals surface area contributed by atoms with Gasteiger partial charge in [-0.3, -0.25) is 0 Å². The van der Waals surface area contributed by atoms with Crippen LogP contribution in [0.3, 0.4) is 0 Å². The van der Waals surface area contributed by atoms with Crippen molar-refractivity contribution in [2.24, 2.45) is 0 Å². The number of aryl methyl sites for hydroxylation is 2. The number of nitrogens with one attached hydrogen (secondary N) is 1. The van der Waals surface area contributed by atoms with Gasteiger partial charge in [0.25, 0.3) is 0 Å². The SMILES string of the molecule is CCCCc1cc2c(c(NCC)c1-c1ccccc1)CCCC2. The Morgan fingerprint density at radius 1 is 1.00 bits per heavy atom. The van der Waals surface area contributed by atoms with E-state index in [0.717, 1.165) is 6.54 Å². The fourth-order valence-corrected chi connectivity index (χ4v) is 3.84. The summed E-state index contributed by atoms with van der Waals surface area (Å²) < 4.78 is 0. The Bertz CT molecular complexity index is 643. The monoisotopic (exact) mass is 307 g/mol. The summed E-state index contributed by atoms with van der Waals surface area (Å²) in [7, 11) is 0. The maximum Gasteiger partial charge on any atom is 0.0457 e. The second kappa shape index (κ2) is 7.68. The molecule has 122 valence electrons. The maximum atomic E-state index is 3.72. The van der Waals surface area contributed by atoms with Crippen LogP contribution >= 0.6 is 0 Å². The molecule has 0 aliphatic heterocycles. The topological polar surface area (TPSA) is 12.0 Å². The van der Waals surface area contributed by atoms with E-state index in [9.17, 15) is 0 Å². The lowest BCUT2D eigenvalue weighted by Gasteiger charge is -2.26. The molecule has 3 rings (SSSR count). The minimum Gasteiger partial charge on any atom is -0.385 e. The van der Waals surface area contributed by atoms with Crippen LogP contribution in [0.15, 0.2) is 36.4 Å². The zero-order chi connectivity index (χ0) is 16.1. The van der Waals surface area contributed by atoms with Gasteiger partial charge in [-0.25, -0.2) is 0 Å². The molecule has 0 fully saturated rings. The summed E-state index contributed by atoms with van der Waals surface area (Å²) in [6, 6.07) is 13.5. The van der Waals surface area contributed by atoms with Gasteiger partial charge < -0.3 is 5.32 Å². The van der Waals surface area contributed by atoms with Crippen molar-refractivity contribution in [3.63, 3.8) is 0 Å². The smallest absolute Gasteiger partial charge is 0.0457 e. The van der Waals surface area contributed by atoms with Crippen LogP contribution in [-0.2, 0) is 19.3 Å². The molecule has 2 aromatic carbocycles. The van der Waals surface area contributed by atoms with Crippen molar-refractivity contribution in [2.75, 3.05) is 11.9 Å². The van der Waals surface area contributed by atoms with E-state index < -0.39 is 0 Å². The molecule has 0 saturated carbocycles. The largest absolute Gasteiger partial charge is 0.385 e. The molecular formula is C22H29N. The second-order valence-corrected chi connectivity index (χ2v) is 6.63. The van der Waals surface area contributed by atoms with Gasteiger partial charge in [-0.15, -0.1) is 0 Å². The standard InChI is InChI=1S/C22H29N/c1-3-5-11-19-16-18-14-9-10-15-20(18)22(23-4-2)21(19)17-12-7-6-8-13-17/h6-8,12-13,16,23H,3-5,9-11,14-15H2,1-2H3. The highest BCUT2D eigenvalue weighted by Gasteiger charge is 2.20. The van der Waals surface area contributed by atoms with Crippen molar-refractivity contribution < 1.29 is 0 Å². The number of rotatable bonds is 6. The first-order valence-corrected chi connectivity index (χ1v) is 9.32. The van der Waals surface area contributed by atoms with E-state index in [2.05, 4.69) is 55.6 Å². The van der Waals surface area contributed by atoms with Gasteiger partial charge in [0.2, 0.25) is 0 Å². The Balaban J connectivity index is 2.19. The van der Waals surface area contributed by atoms with Crippen molar-refractivity contribution in [1.82, 2.24) is 0 Å². The zero-order valence-electron chi connectivity index (χ0n) is 14.6. The third-order valence-corrected chi connectivity index (χ3v) is 4.95. The molecule has 1 N–H and O–H groups in total. The fraction of sp³-hybridized carbons (Fsp3) is 0.455. The first-order chi connectivity index (χ1) is 11.3. The van der Waals surface area contributed by atoms with Crippen molar-refractivity contribution in [2.45, 2.75) is 58.8 Å². The summed E-state index contributed by atoms with van der Waals surface area (Å²) in [5.41, 5.74) is 8.95. The first kappa shape index (κ1) is 16.1. The van der Waals surface area contributed by atoms with Gasteiger partial charge in [0.1, 0.15) is 0 Å². The van der Waals surface area contributed by atoms with Gasteiger partial charge in [0, 0.05) is 17.8 Å². The third kappa shape index (κ3) is 3.44. The lowest BCUT2D eigenvalue weighted by Crippen LogP contribution is -2.12. The molecule has 0 atom stereocenters. The molecule has 0 spiro atoms. The zero-order valence-corrected chi connectivity index (χ0v) is 14.6. The van der Waals surface area contributed by atoms with Crippen LogP contribution in [0.4, 0.5) is 5.69 Å². The van der Waals surface area contributed by atoms with Crippen LogP contribution in [-0.4, -0.2) is 6.54 Å². The number of fused-ring (bicyclic) bond motifs is 1. The lowest BCUT2D eigenvalue weighted by molar-refractivity contribution is 0.684. The number of benzene rings is 2. The van der Waals surface area contributed by atoms with Gasteiger partial charge in [-0.1, -0.05) is 49.7 Å². The molecule has 0 saturated heterocycles. The van der Waals surface area contributed by atoms with Gasteiger partial charge >= 0.3 is 0 Å². The Kier molecular flexibility index (Phi) is 5.38. The van der Waals surface area contributed by atoms with Crippen LogP contribution in [0.5, 0.6) is 0 Å². The Labute approximate surface area is 141 Å². The molecule has 2 aromatic rings. The van der Waals surface area contributed by atoms with Crippen molar-refractivity contribution in [3.8, 4) is 11.1 Å². The van der Waals surface area contributed by atoms with Crippen molar-refractivity contribution in [3.05, 3.63) is 53.1 Å². The predicted octanol–water partition coefficient (Wildman–Crippen LogP) is 6.01. The highest BCUT2D eigenvalue weighted by molar-refractivity contribution is 5.84. The Morgan fingerprint density at radius 2 is 1.78 bits per heavy atom. The summed E-state index contributed by atoms with van der Waals surface area (Å²) >= 11 is 0. The number of hydrogen-bond donors (Lipinski definition) is 1. The van der Waals surface area contributed by atoms with E-state index >= 15 is 0 Å². The van der Waals surface area contributed by atoms with E-state index in [0.29, 0.717) is 0 Å². The minimum atomic E-state index is 0.990. The predicted molar refractivity (Wildman–Crippen MR) is 101 cm³/mol. The van der Waals surface area contributed by atoms with Crippen LogP contribution in [0.1, 0.15) is 56.2 Å². The summed E-state index contributed by atoms with van der Waals surface area (Å²) in [5.74, 6) is 0. The lowest BCUT2D eigenvalue weighted by atomic mass is 9.83. The summed E-state index contributed by atoms with van der Waals surface area (Å²) in [6.07, 6.45) is 8.86. The van der Waals surface area contributed by atoms with Crippen molar-refractivity contribution >= 4 is 5.69 Å². The van der Waals surface area contributed by atoms with Crippen molar-refractivity contribution in [1.29, 1.82) is 0 Å². The quantitative estimate of drug-likeness (QED) is 0.689. The molecule has 0 radical (unpaired) electrons. The maximum absolute atomic E-state index is 3.72. The average molecular weight is 307 g/mol. The Hall–Kier alpha value is -1.76. The fourth-order valence-electron chi connectivity index (χ4n) is 3.84. The summed E-state index contributed by atoms with van der Waals surface area (Å²) in [5, 5.41) is 3.72. The van der Waals surface area contributed by atoms with Gasteiger partial charge in [-0.2, -0.15) is 0 Å². The highest BCUT2D eigenvalue weighted by atomic mass is 14.9. The Morgan fingerprint density at radius 3 is 2.52 bits per heavy atom. The van der Waals surface area contributed by atoms with Gasteiger partial charge in [0.15, 0.2) is 0 Å². The van der Waals surface area contributed by atoms with Crippen LogP contribution in [0, 0.1) is 0 Å². The summed E-state index contributed by atoms with van der Waals surface area (Å²) in [4.78, 5) is 0. The molecule has 0 amide bonds. The first-order valence-electron chi connectivity index (χ1n) is 9.32. The number of anilines is 1. The van der Waals surface area contributed by atoms with E-state index in [1.165, 1.54) is 67.3 Å². The number of unbranched alkanes of at least 4 members (excludes halogenated alkanes) is 1. The molecule has 0 unspecified atom stereocenters. The molecular weight excluding hydrogens is 278 g/mol. The molecule has 0 aromatic heterocycles. The van der Waals surface area contributed by atoms with E-state index in [1.807, 2.05) is 0 Å². The van der Waals surface area contributed by atoms with E-state index in [4.69, 9.17) is 0 Å². The van der Waals surface area contributed by atoms with Crippen LogP contribution in [0.2, 0.25) is 0 Å². The molecule has 23 heavy (non-hydrogen) atoms. The van der Waals surface area contributed by atoms with Gasteiger partial charge in [-0.05, 0) is 67.7 Å². The second-order valence-electron chi connectivity index (χ2n) is 6.63. The normalized spacial score (nSPS) is 13.7. The molecule has 1 nitrogen and oxygen atoms in total. The summed E-state index contributed by atoms with van der Waals surface area (Å²) in [6.45, 7) is 5.48. The molecule has 1 heteroatoms. The number of hydrogen-bond acceptors (Lipinski definition) is 1. The van der Waals surface area contributed by atoms with Crippen LogP contribution in [0.25, 0.3) is 11.1 Å². The molecule has 1 aliphatic rings.